The fourth-order valence-electron chi connectivity index (χ4n) is 4.61. The number of oxazole rings is 1. The Morgan fingerprint density at radius 1 is 1.10 bits per heavy atom. The predicted molar refractivity (Wildman–Crippen MR) is 121 cm³/mol. The molecule has 2 aromatic carbocycles. The van der Waals surface area contributed by atoms with Gasteiger partial charge in [0.05, 0.1) is 29.3 Å². The van der Waals surface area contributed by atoms with E-state index in [-0.39, 0.29) is 6.04 Å². The van der Waals surface area contributed by atoms with Gasteiger partial charge in [0.1, 0.15) is 12.0 Å². The van der Waals surface area contributed by atoms with Gasteiger partial charge in [0.2, 0.25) is 0 Å². The van der Waals surface area contributed by atoms with Gasteiger partial charge in [-0.15, -0.1) is 0 Å². The highest BCUT2D eigenvalue weighted by Gasteiger charge is 2.29. The number of rotatable bonds is 3. The normalized spacial score (nSPS) is 18.0. The highest BCUT2D eigenvalue weighted by molar-refractivity contribution is 6.35. The molecule has 0 amide bonds. The van der Waals surface area contributed by atoms with Gasteiger partial charge in [0.15, 0.2) is 12.2 Å². The van der Waals surface area contributed by atoms with E-state index >= 15 is 0 Å². The third-order valence-corrected chi connectivity index (χ3v) is 6.76. The molecule has 1 aliphatic heterocycles. The van der Waals surface area contributed by atoms with Crippen LogP contribution in [0.4, 0.5) is 0 Å². The summed E-state index contributed by atoms with van der Waals surface area (Å²) >= 11 is 6.64. The Balaban J connectivity index is 1.62. The molecule has 0 radical (unpaired) electrons. The van der Waals surface area contributed by atoms with E-state index in [0.29, 0.717) is 16.7 Å². The maximum Gasteiger partial charge on any atom is 0.181 e. The molecule has 31 heavy (non-hydrogen) atoms. The van der Waals surface area contributed by atoms with Crippen molar-refractivity contribution >= 4 is 17.3 Å². The van der Waals surface area contributed by atoms with Gasteiger partial charge in [-0.3, -0.25) is 9.56 Å². The topological polar surface area (TPSA) is 56.2 Å². The minimum atomic E-state index is -0.145. The molecule has 2 aromatic heterocycles. The first-order chi connectivity index (χ1) is 15.2. The highest BCUT2D eigenvalue weighted by Crippen LogP contribution is 2.41. The summed E-state index contributed by atoms with van der Waals surface area (Å²) in [6.07, 6.45) is 8.78. The summed E-state index contributed by atoms with van der Waals surface area (Å²) < 4.78 is 7.70. The zero-order valence-corrected chi connectivity index (χ0v) is 17.9. The molecule has 1 aliphatic carbocycles. The van der Waals surface area contributed by atoms with E-state index in [0.717, 1.165) is 33.9 Å². The highest BCUT2D eigenvalue weighted by atomic mass is 35.5. The SMILES string of the molecule is C[C@@H]1N=C(c2ccccc2Cl)c2cc(C3CCC3)ccc2-n2cnc(-c3cnco3)c21. The fraction of sp³-hybridized carbons (Fsp3) is 0.240. The number of benzene rings is 2. The van der Waals surface area contributed by atoms with Crippen molar-refractivity contribution < 1.29 is 4.42 Å². The van der Waals surface area contributed by atoms with Gasteiger partial charge < -0.3 is 4.42 Å². The van der Waals surface area contributed by atoms with Crippen LogP contribution < -0.4 is 0 Å². The molecule has 1 saturated carbocycles. The molecule has 2 aliphatic rings. The molecule has 0 unspecified atom stereocenters. The number of aliphatic imine (C=N–C) groups is 1. The quantitative estimate of drug-likeness (QED) is 0.381. The molecule has 154 valence electrons. The number of fused-ring (bicyclic) bond motifs is 3. The summed E-state index contributed by atoms with van der Waals surface area (Å²) in [5.74, 6) is 1.27. The molecule has 0 bridgehead atoms. The molecule has 0 N–H and O–H groups in total. The molecule has 4 aromatic rings. The first kappa shape index (κ1) is 18.6. The van der Waals surface area contributed by atoms with Crippen molar-refractivity contribution in [2.75, 3.05) is 0 Å². The largest absolute Gasteiger partial charge is 0.442 e. The lowest BCUT2D eigenvalue weighted by Gasteiger charge is -2.27. The number of nitrogens with zero attached hydrogens (tertiary/aromatic N) is 4. The summed E-state index contributed by atoms with van der Waals surface area (Å²) in [5, 5.41) is 0.702. The van der Waals surface area contributed by atoms with Crippen molar-refractivity contribution in [3.05, 3.63) is 88.8 Å². The third-order valence-electron chi connectivity index (χ3n) is 6.43. The number of halogens is 1. The number of hydrogen-bond donors (Lipinski definition) is 0. The molecule has 1 fully saturated rings. The van der Waals surface area contributed by atoms with E-state index in [1.54, 1.807) is 6.20 Å². The van der Waals surface area contributed by atoms with Crippen LogP contribution in [0.5, 0.6) is 0 Å². The molecule has 3 heterocycles. The zero-order valence-electron chi connectivity index (χ0n) is 17.1. The van der Waals surface area contributed by atoms with Crippen LogP contribution in [-0.2, 0) is 0 Å². The monoisotopic (exact) mass is 428 g/mol. The molecule has 6 heteroatoms. The van der Waals surface area contributed by atoms with Crippen LogP contribution in [0.1, 0.15) is 60.5 Å². The van der Waals surface area contributed by atoms with Crippen molar-refractivity contribution in [3.63, 3.8) is 0 Å². The maximum absolute atomic E-state index is 6.64. The molecule has 5 nitrogen and oxygen atoms in total. The second-order valence-electron chi connectivity index (χ2n) is 8.25. The lowest BCUT2D eigenvalue weighted by atomic mass is 9.79. The predicted octanol–water partition coefficient (Wildman–Crippen LogP) is 6.36. The molecule has 0 spiro atoms. The number of imidazole rings is 1. The zero-order chi connectivity index (χ0) is 20.9. The van der Waals surface area contributed by atoms with Gasteiger partial charge in [0.25, 0.3) is 0 Å². The summed E-state index contributed by atoms with van der Waals surface area (Å²) in [5.41, 5.74) is 7.13. The summed E-state index contributed by atoms with van der Waals surface area (Å²) in [4.78, 5) is 13.9. The van der Waals surface area contributed by atoms with Crippen LogP contribution in [0, 0.1) is 0 Å². The van der Waals surface area contributed by atoms with E-state index in [1.165, 1.54) is 31.2 Å². The van der Waals surface area contributed by atoms with Crippen LogP contribution in [0.15, 0.2) is 70.8 Å². The van der Waals surface area contributed by atoms with Crippen LogP contribution in [0.3, 0.4) is 0 Å². The van der Waals surface area contributed by atoms with Gasteiger partial charge in [-0.1, -0.05) is 42.3 Å². The fourth-order valence-corrected chi connectivity index (χ4v) is 4.84. The Hall–Kier alpha value is -3.18. The smallest absolute Gasteiger partial charge is 0.181 e. The van der Waals surface area contributed by atoms with Crippen LogP contribution in [0.25, 0.3) is 17.1 Å². The first-order valence-corrected chi connectivity index (χ1v) is 11.0. The van der Waals surface area contributed by atoms with E-state index < -0.39 is 0 Å². The second kappa shape index (κ2) is 7.20. The first-order valence-electron chi connectivity index (χ1n) is 10.6. The Morgan fingerprint density at radius 3 is 2.71 bits per heavy atom. The minimum Gasteiger partial charge on any atom is -0.442 e. The Morgan fingerprint density at radius 2 is 1.97 bits per heavy atom. The Bertz CT molecular complexity index is 1300. The van der Waals surface area contributed by atoms with Crippen LogP contribution >= 0.6 is 11.6 Å². The average Bonchev–Trinajstić information content (AvgIpc) is 3.39. The average molecular weight is 429 g/mol. The summed E-state index contributed by atoms with van der Waals surface area (Å²) in [7, 11) is 0. The van der Waals surface area contributed by atoms with Gasteiger partial charge in [-0.05, 0) is 49.4 Å². The summed E-state index contributed by atoms with van der Waals surface area (Å²) in [6.45, 7) is 2.09. The van der Waals surface area contributed by atoms with Crippen molar-refractivity contribution in [2.45, 2.75) is 38.1 Å². The second-order valence-corrected chi connectivity index (χ2v) is 8.66. The minimum absolute atomic E-state index is 0.145. The van der Waals surface area contributed by atoms with Crippen molar-refractivity contribution in [3.8, 4) is 17.1 Å². The molecule has 1 atom stereocenters. The van der Waals surface area contributed by atoms with E-state index in [9.17, 15) is 0 Å². The lowest BCUT2D eigenvalue weighted by Crippen LogP contribution is -2.12. The van der Waals surface area contributed by atoms with Crippen molar-refractivity contribution in [1.29, 1.82) is 0 Å². The number of aromatic nitrogens is 3. The van der Waals surface area contributed by atoms with Crippen molar-refractivity contribution in [2.24, 2.45) is 4.99 Å². The van der Waals surface area contributed by atoms with Crippen molar-refractivity contribution in [1.82, 2.24) is 14.5 Å². The standard InChI is InChI=1S/C25H21ClN4O/c1-15-25-24(22-12-27-14-31-22)28-13-30(25)21-10-9-17(16-5-4-6-16)11-19(21)23(29-15)18-7-2-3-8-20(18)26/h2-3,7-16H,4-6H2,1H3/t15-/m0/s1. The van der Waals surface area contributed by atoms with Gasteiger partial charge in [-0.25, -0.2) is 9.97 Å². The maximum atomic E-state index is 6.64. The summed E-state index contributed by atoms with van der Waals surface area (Å²) in [6, 6.07) is 14.5. The Labute approximate surface area is 185 Å². The molecular weight excluding hydrogens is 408 g/mol. The van der Waals surface area contributed by atoms with Gasteiger partial charge in [0, 0.05) is 16.1 Å². The molecule has 6 rings (SSSR count). The number of hydrogen-bond acceptors (Lipinski definition) is 4. The van der Waals surface area contributed by atoms with Gasteiger partial charge >= 0.3 is 0 Å². The third kappa shape index (κ3) is 2.95. The van der Waals surface area contributed by atoms with Crippen LogP contribution in [0.2, 0.25) is 5.02 Å². The Kier molecular flexibility index (Phi) is 4.32. The van der Waals surface area contributed by atoms with E-state index in [4.69, 9.17) is 21.0 Å². The molecular formula is C25H21ClN4O. The van der Waals surface area contributed by atoms with Gasteiger partial charge in [-0.2, -0.15) is 0 Å². The van der Waals surface area contributed by atoms with E-state index in [1.807, 2.05) is 30.6 Å². The lowest BCUT2D eigenvalue weighted by molar-refractivity contribution is 0.419. The van der Waals surface area contributed by atoms with Crippen LogP contribution in [-0.4, -0.2) is 20.2 Å². The molecule has 0 saturated heterocycles. The van der Waals surface area contributed by atoms with E-state index in [2.05, 4.69) is 39.7 Å².